The van der Waals surface area contributed by atoms with Crippen LogP contribution in [0.5, 0.6) is 0 Å². The Morgan fingerprint density at radius 2 is 1.96 bits per heavy atom. The lowest BCUT2D eigenvalue weighted by atomic mass is 10.0. The number of ether oxygens (including phenoxy) is 1. The molecule has 0 aliphatic heterocycles. The third-order valence-electron chi connectivity index (χ3n) is 4.57. The van der Waals surface area contributed by atoms with Crippen LogP contribution in [0.4, 0.5) is 0 Å². The van der Waals surface area contributed by atoms with Gasteiger partial charge in [0.05, 0.1) is 24.3 Å². The molecule has 2 aromatic rings. The van der Waals surface area contributed by atoms with Gasteiger partial charge in [0.15, 0.2) is 0 Å². The molecule has 0 atom stereocenters. The van der Waals surface area contributed by atoms with Gasteiger partial charge in [-0.25, -0.2) is 4.79 Å². The topological polar surface area (TPSA) is 85.6 Å². The van der Waals surface area contributed by atoms with Crippen LogP contribution in [0.25, 0.3) is 0 Å². The average molecular weight is 341 g/mol. The summed E-state index contributed by atoms with van der Waals surface area (Å²) < 4.78 is 6.49. The van der Waals surface area contributed by atoms with Crippen molar-refractivity contribution < 1.29 is 24.2 Å². The Hall–Kier alpha value is -2.89. The fourth-order valence-corrected chi connectivity index (χ4v) is 3.49. The Kier molecular flexibility index (Phi) is 4.44. The lowest BCUT2D eigenvalue weighted by Crippen LogP contribution is -2.15. The number of esters is 1. The van der Waals surface area contributed by atoms with Crippen molar-refractivity contribution in [3.63, 3.8) is 0 Å². The van der Waals surface area contributed by atoms with Gasteiger partial charge in [0.25, 0.3) is 0 Å². The number of aryl methyl sites for hydroxylation is 1. The third-order valence-corrected chi connectivity index (χ3v) is 4.57. The standard InChI is InChI=1S/C19H19NO5/c1-3-25-15(21)10-14-16(19(23)24)13-9-8-11-6-4-5-7-12(11)18(22)17(13)20(14)2/h4-7H,3,8-10H2,1-2H3,(H,23,24). The summed E-state index contributed by atoms with van der Waals surface area (Å²) in [6.45, 7) is 1.91. The first-order chi connectivity index (χ1) is 12.0. The number of fused-ring (bicyclic) bond motifs is 2. The number of carbonyl (C=O) groups is 3. The molecule has 0 amide bonds. The lowest BCUT2D eigenvalue weighted by Gasteiger charge is -2.09. The van der Waals surface area contributed by atoms with Crippen molar-refractivity contribution in [2.24, 2.45) is 7.05 Å². The van der Waals surface area contributed by atoms with E-state index in [2.05, 4.69) is 0 Å². The Labute approximate surface area is 145 Å². The number of aromatic nitrogens is 1. The molecule has 1 N–H and O–H groups in total. The van der Waals surface area contributed by atoms with Crippen LogP contribution in [0.1, 0.15) is 50.2 Å². The van der Waals surface area contributed by atoms with Gasteiger partial charge in [0.2, 0.25) is 5.78 Å². The van der Waals surface area contributed by atoms with E-state index in [0.717, 1.165) is 5.56 Å². The summed E-state index contributed by atoms with van der Waals surface area (Å²) in [5.41, 5.74) is 2.70. The normalized spacial score (nSPS) is 13.0. The molecule has 130 valence electrons. The molecule has 3 rings (SSSR count). The van der Waals surface area contributed by atoms with Crippen LogP contribution in [-0.4, -0.2) is 34.0 Å². The zero-order valence-electron chi connectivity index (χ0n) is 14.2. The van der Waals surface area contributed by atoms with Crippen LogP contribution >= 0.6 is 0 Å². The molecule has 6 nitrogen and oxygen atoms in total. The summed E-state index contributed by atoms with van der Waals surface area (Å²) in [5.74, 6) is -1.84. The summed E-state index contributed by atoms with van der Waals surface area (Å²) in [5, 5.41) is 9.70. The van der Waals surface area contributed by atoms with E-state index in [0.29, 0.717) is 35.4 Å². The van der Waals surface area contributed by atoms with Gasteiger partial charge in [0, 0.05) is 18.3 Å². The van der Waals surface area contributed by atoms with E-state index in [1.807, 2.05) is 12.1 Å². The van der Waals surface area contributed by atoms with E-state index in [4.69, 9.17) is 4.74 Å². The van der Waals surface area contributed by atoms with Gasteiger partial charge in [-0.1, -0.05) is 24.3 Å². The molecule has 0 fully saturated rings. The molecule has 0 saturated carbocycles. The Balaban J connectivity index is 2.17. The number of nitrogens with zero attached hydrogens (tertiary/aromatic N) is 1. The van der Waals surface area contributed by atoms with Crippen LogP contribution in [0.15, 0.2) is 24.3 Å². The highest BCUT2D eigenvalue weighted by Gasteiger charge is 2.32. The molecule has 1 aromatic carbocycles. The van der Waals surface area contributed by atoms with Crippen molar-refractivity contribution in [2.45, 2.75) is 26.2 Å². The van der Waals surface area contributed by atoms with Crippen LogP contribution in [-0.2, 0) is 35.8 Å². The maximum Gasteiger partial charge on any atom is 0.337 e. The molecular formula is C19H19NO5. The van der Waals surface area contributed by atoms with Gasteiger partial charge in [-0.3, -0.25) is 9.59 Å². The second kappa shape index (κ2) is 6.55. The zero-order chi connectivity index (χ0) is 18.1. The second-order valence-corrected chi connectivity index (χ2v) is 5.98. The molecule has 1 heterocycles. The number of carbonyl (C=O) groups excluding carboxylic acids is 2. The largest absolute Gasteiger partial charge is 0.478 e. The van der Waals surface area contributed by atoms with Crippen molar-refractivity contribution in [3.05, 3.63) is 57.9 Å². The maximum atomic E-state index is 13.0. The first kappa shape index (κ1) is 17.0. The van der Waals surface area contributed by atoms with Crippen molar-refractivity contribution >= 4 is 17.7 Å². The summed E-state index contributed by atoms with van der Waals surface area (Å²) in [4.78, 5) is 36.8. The molecule has 0 spiro atoms. The highest BCUT2D eigenvalue weighted by Crippen LogP contribution is 2.31. The number of rotatable bonds is 4. The van der Waals surface area contributed by atoms with Gasteiger partial charge in [-0.2, -0.15) is 0 Å². The first-order valence-corrected chi connectivity index (χ1v) is 8.17. The van der Waals surface area contributed by atoms with Crippen molar-refractivity contribution in [1.29, 1.82) is 0 Å². The summed E-state index contributed by atoms with van der Waals surface area (Å²) in [6.07, 6.45) is 0.850. The number of carboxylic acids is 1. The smallest absolute Gasteiger partial charge is 0.337 e. The fraction of sp³-hybridized carbons (Fsp3) is 0.316. The van der Waals surface area contributed by atoms with Crippen LogP contribution < -0.4 is 0 Å². The number of benzene rings is 1. The SMILES string of the molecule is CCOC(=O)Cc1c(C(=O)O)c2c(n1C)C(=O)c1ccccc1CC2. The number of ketones is 1. The molecule has 1 aliphatic rings. The Morgan fingerprint density at radius 3 is 2.64 bits per heavy atom. The van der Waals surface area contributed by atoms with E-state index in [1.165, 1.54) is 0 Å². The summed E-state index contributed by atoms with van der Waals surface area (Å²) in [6, 6.07) is 7.30. The quantitative estimate of drug-likeness (QED) is 0.861. The highest BCUT2D eigenvalue weighted by atomic mass is 16.5. The lowest BCUT2D eigenvalue weighted by molar-refractivity contribution is -0.142. The third kappa shape index (κ3) is 2.84. The van der Waals surface area contributed by atoms with Gasteiger partial charge in [-0.05, 0) is 30.9 Å². The minimum atomic E-state index is -1.13. The summed E-state index contributed by atoms with van der Waals surface area (Å²) in [7, 11) is 1.63. The van der Waals surface area contributed by atoms with Crippen molar-refractivity contribution in [3.8, 4) is 0 Å². The number of hydrogen-bond donors (Lipinski definition) is 1. The summed E-state index contributed by atoms with van der Waals surface area (Å²) >= 11 is 0. The number of hydrogen-bond acceptors (Lipinski definition) is 4. The molecular weight excluding hydrogens is 322 g/mol. The van der Waals surface area contributed by atoms with Crippen LogP contribution in [0.2, 0.25) is 0 Å². The molecule has 6 heteroatoms. The molecule has 0 bridgehead atoms. The minimum absolute atomic E-state index is 0.0479. The molecule has 1 aromatic heterocycles. The fourth-order valence-electron chi connectivity index (χ4n) is 3.49. The van der Waals surface area contributed by atoms with E-state index < -0.39 is 11.9 Å². The number of aromatic carboxylic acids is 1. The number of carboxylic acid groups (broad SMARTS) is 1. The van der Waals surface area contributed by atoms with Gasteiger partial charge in [0.1, 0.15) is 0 Å². The van der Waals surface area contributed by atoms with Crippen molar-refractivity contribution in [2.75, 3.05) is 6.61 Å². The molecule has 0 saturated heterocycles. The average Bonchev–Trinajstić information content (AvgIpc) is 2.75. The predicted octanol–water partition coefficient (Wildman–Crippen LogP) is 2.16. The predicted molar refractivity (Wildman–Crippen MR) is 90.0 cm³/mol. The van der Waals surface area contributed by atoms with Gasteiger partial charge < -0.3 is 14.4 Å². The van der Waals surface area contributed by atoms with Crippen LogP contribution in [0, 0.1) is 0 Å². The van der Waals surface area contributed by atoms with E-state index in [-0.39, 0.29) is 24.4 Å². The Morgan fingerprint density at radius 1 is 1.24 bits per heavy atom. The van der Waals surface area contributed by atoms with E-state index in [1.54, 1.807) is 30.7 Å². The Bertz CT molecular complexity index is 878. The second-order valence-electron chi connectivity index (χ2n) is 5.98. The van der Waals surface area contributed by atoms with Crippen LogP contribution in [0.3, 0.4) is 0 Å². The zero-order valence-corrected chi connectivity index (χ0v) is 14.2. The monoisotopic (exact) mass is 341 g/mol. The molecule has 0 unspecified atom stereocenters. The van der Waals surface area contributed by atoms with Gasteiger partial charge in [-0.15, -0.1) is 0 Å². The molecule has 25 heavy (non-hydrogen) atoms. The molecule has 1 aliphatic carbocycles. The molecule has 0 radical (unpaired) electrons. The van der Waals surface area contributed by atoms with E-state index >= 15 is 0 Å². The van der Waals surface area contributed by atoms with E-state index in [9.17, 15) is 19.5 Å². The highest BCUT2D eigenvalue weighted by molar-refractivity contribution is 6.12. The maximum absolute atomic E-state index is 13.0. The van der Waals surface area contributed by atoms with Crippen molar-refractivity contribution in [1.82, 2.24) is 4.57 Å². The van der Waals surface area contributed by atoms with Gasteiger partial charge >= 0.3 is 11.9 Å². The first-order valence-electron chi connectivity index (χ1n) is 8.17. The minimum Gasteiger partial charge on any atom is -0.478 e.